The SMILES string of the molecule is CC12NC(c3ccc4ccccc4c3)=NC(c3ccccc3)=C1C=Cc1ccc(-c3nc(-c4ccccc4)nc(-c4cccc5ccccc45)n3)cc12. The summed E-state index contributed by atoms with van der Waals surface area (Å²) in [5, 5.41) is 8.54. The molecule has 1 atom stereocenters. The number of hydrogen-bond acceptors (Lipinski definition) is 5. The highest BCUT2D eigenvalue weighted by molar-refractivity contribution is 6.07. The third-order valence-electron chi connectivity index (χ3n) is 10.4. The van der Waals surface area contributed by atoms with Crippen molar-refractivity contribution < 1.29 is 0 Å². The zero-order valence-corrected chi connectivity index (χ0v) is 29.0. The number of nitrogens with zero attached hydrogens (tertiary/aromatic N) is 4. The van der Waals surface area contributed by atoms with Crippen LogP contribution >= 0.6 is 0 Å². The normalized spacial score (nSPS) is 16.2. The fourth-order valence-corrected chi connectivity index (χ4v) is 7.70. The summed E-state index contributed by atoms with van der Waals surface area (Å²) in [6.45, 7) is 2.26. The molecule has 0 bridgehead atoms. The molecule has 250 valence electrons. The Morgan fingerprint density at radius 2 is 1.11 bits per heavy atom. The second-order valence-corrected chi connectivity index (χ2v) is 13.7. The van der Waals surface area contributed by atoms with Crippen LogP contribution in [-0.4, -0.2) is 20.8 Å². The molecular formula is C48H33N5. The quantitative estimate of drug-likeness (QED) is 0.197. The molecule has 0 spiro atoms. The number of hydrogen-bond donors (Lipinski definition) is 1. The second kappa shape index (κ2) is 12.4. The highest BCUT2D eigenvalue weighted by Crippen LogP contribution is 2.45. The zero-order chi connectivity index (χ0) is 35.4. The van der Waals surface area contributed by atoms with Gasteiger partial charge in [-0.3, -0.25) is 0 Å². The lowest BCUT2D eigenvalue weighted by molar-refractivity contribution is 0.520. The van der Waals surface area contributed by atoms with Gasteiger partial charge in [0.1, 0.15) is 5.84 Å². The van der Waals surface area contributed by atoms with E-state index in [4.69, 9.17) is 19.9 Å². The minimum absolute atomic E-state index is 0.609. The predicted octanol–water partition coefficient (Wildman–Crippen LogP) is 10.9. The van der Waals surface area contributed by atoms with Crippen molar-refractivity contribution >= 4 is 39.2 Å². The third kappa shape index (κ3) is 5.33. The highest BCUT2D eigenvalue weighted by Gasteiger charge is 2.40. The second-order valence-electron chi connectivity index (χ2n) is 13.7. The Hall–Kier alpha value is -6.98. The number of amidine groups is 1. The Bertz CT molecular complexity index is 2810. The summed E-state index contributed by atoms with van der Waals surface area (Å²) >= 11 is 0. The van der Waals surface area contributed by atoms with E-state index in [1.165, 1.54) is 10.8 Å². The molecule has 0 amide bonds. The van der Waals surface area contributed by atoms with Gasteiger partial charge >= 0.3 is 0 Å². The maximum atomic E-state index is 5.33. The van der Waals surface area contributed by atoms with Crippen molar-refractivity contribution in [1.82, 2.24) is 20.3 Å². The Balaban J connectivity index is 1.15. The van der Waals surface area contributed by atoms with Crippen LogP contribution < -0.4 is 5.32 Å². The molecule has 7 aromatic carbocycles. The number of fused-ring (bicyclic) bond motifs is 5. The van der Waals surface area contributed by atoms with Crippen molar-refractivity contribution in [3.63, 3.8) is 0 Å². The fourth-order valence-electron chi connectivity index (χ4n) is 7.70. The summed E-state index contributed by atoms with van der Waals surface area (Å²) < 4.78 is 0. The zero-order valence-electron chi connectivity index (χ0n) is 29.0. The minimum atomic E-state index is -0.609. The van der Waals surface area contributed by atoms with E-state index in [2.05, 4.69) is 152 Å². The molecule has 1 unspecified atom stereocenters. The van der Waals surface area contributed by atoms with E-state index in [1.54, 1.807) is 0 Å². The molecule has 0 saturated heterocycles. The molecule has 1 aliphatic carbocycles. The van der Waals surface area contributed by atoms with Crippen molar-refractivity contribution in [3.8, 4) is 34.2 Å². The van der Waals surface area contributed by atoms with Crippen molar-refractivity contribution in [1.29, 1.82) is 0 Å². The van der Waals surface area contributed by atoms with Gasteiger partial charge in [-0.25, -0.2) is 19.9 Å². The van der Waals surface area contributed by atoms with Crippen molar-refractivity contribution in [3.05, 3.63) is 198 Å². The van der Waals surface area contributed by atoms with Gasteiger partial charge in [-0.15, -0.1) is 0 Å². The number of aromatic nitrogens is 3. The average Bonchev–Trinajstić information content (AvgIpc) is 3.23. The highest BCUT2D eigenvalue weighted by atomic mass is 15.1. The number of rotatable bonds is 5. The van der Waals surface area contributed by atoms with E-state index >= 15 is 0 Å². The van der Waals surface area contributed by atoms with E-state index in [1.807, 2.05) is 36.4 Å². The molecule has 2 aliphatic rings. The van der Waals surface area contributed by atoms with Crippen LogP contribution in [0.5, 0.6) is 0 Å². The van der Waals surface area contributed by atoms with Gasteiger partial charge in [0.05, 0.1) is 11.2 Å². The lowest BCUT2D eigenvalue weighted by atomic mass is 9.74. The van der Waals surface area contributed by atoms with Gasteiger partial charge in [0.2, 0.25) is 0 Å². The van der Waals surface area contributed by atoms with Crippen LogP contribution in [0.15, 0.2) is 180 Å². The average molecular weight is 680 g/mol. The van der Waals surface area contributed by atoms with Crippen molar-refractivity contribution in [2.45, 2.75) is 12.5 Å². The van der Waals surface area contributed by atoms with E-state index in [0.29, 0.717) is 17.5 Å². The molecule has 53 heavy (non-hydrogen) atoms. The fraction of sp³-hybridized carbons (Fsp3) is 0.0417. The molecule has 1 aromatic heterocycles. The summed E-state index contributed by atoms with van der Waals surface area (Å²) in [6, 6.07) is 56.8. The number of benzene rings is 7. The maximum Gasteiger partial charge on any atom is 0.164 e. The monoisotopic (exact) mass is 679 g/mol. The van der Waals surface area contributed by atoms with Crippen molar-refractivity contribution in [2.75, 3.05) is 0 Å². The molecule has 0 radical (unpaired) electrons. The topological polar surface area (TPSA) is 63.1 Å². The predicted molar refractivity (Wildman–Crippen MR) is 217 cm³/mol. The van der Waals surface area contributed by atoms with E-state index in [9.17, 15) is 0 Å². The first-order chi connectivity index (χ1) is 26.1. The van der Waals surface area contributed by atoms with E-state index in [-0.39, 0.29) is 0 Å². The van der Waals surface area contributed by atoms with E-state index in [0.717, 1.165) is 66.8 Å². The molecule has 8 aromatic rings. The standard InChI is InChI=1S/C48H33N5/c1-48-41(43(34-15-4-2-5-16-34)49-46(53-48)37-25-23-31-13-8-9-19-36(31)29-37)28-27-33-24-26-38(30-42(33)48)45-50-44(35-17-6-3-7-18-35)51-47(52-45)40-22-12-20-32-14-10-11-21-39(32)40/h2-30H,1H3,(H,49,53). The first kappa shape index (κ1) is 30.8. The maximum absolute atomic E-state index is 5.33. The van der Waals surface area contributed by atoms with Crippen molar-refractivity contribution in [2.24, 2.45) is 4.99 Å². The lowest BCUT2D eigenvalue weighted by Crippen LogP contribution is -2.48. The van der Waals surface area contributed by atoms with Crippen LogP contribution in [0.2, 0.25) is 0 Å². The van der Waals surface area contributed by atoms with Gasteiger partial charge < -0.3 is 5.32 Å². The van der Waals surface area contributed by atoms with Gasteiger partial charge in [0.15, 0.2) is 17.5 Å². The Morgan fingerprint density at radius 3 is 1.92 bits per heavy atom. The number of nitrogens with one attached hydrogen (secondary N) is 1. The Morgan fingerprint density at radius 1 is 0.472 bits per heavy atom. The molecule has 0 saturated carbocycles. The number of aliphatic imine (C=N–C) groups is 1. The summed E-state index contributed by atoms with van der Waals surface area (Å²) in [4.78, 5) is 20.7. The van der Waals surface area contributed by atoms with Crippen LogP contribution in [0.25, 0.3) is 67.5 Å². The van der Waals surface area contributed by atoms with Crippen LogP contribution in [0.4, 0.5) is 0 Å². The van der Waals surface area contributed by atoms with Gasteiger partial charge in [-0.2, -0.15) is 0 Å². The summed E-state index contributed by atoms with van der Waals surface area (Å²) in [6.07, 6.45) is 4.41. The Kier molecular flexibility index (Phi) is 7.18. The Labute approximate surface area is 307 Å². The summed E-state index contributed by atoms with van der Waals surface area (Å²) in [5.41, 5.74) is 8.64. The molecule has 0 fully saturated rings. The van der Waals surface area contributed by atoms with Crippen LogP contribution in [-0.2, 0) is 5.54 Å². The molecule has 5 nitrogen and oxygen atoms in total. The molecule has 2 heterocycles. The molecule has 1 aliphatic heterocycles. The first-order valence-electron chi connectivity index (χ1n) is 17.9. The van der Waals surface area contributed by atoms with Crippen LogP contribution in [0, 0.1) is 0 Å². The molecular weight excluding hydrogens is 647 g/mol. The first-order valence-corrected chi connectivity index (χ1v) is 17.9. The van der Waals surface area contributed by atoms with Crippen LogP contribution in [0.1, 0.15) is 29.2 Å². The van der Waals surface area contributed by atoms with Gasteiger partial charge in [-0.1, -0.05) is 164 Å². The largest absolute Gasteiger partial charge is 0.356 e. The third-order valence-corrected chi connectivity index (χ3v) is 10.4. The minimum Gasteiger partial charge on any atom is -0.356 e. The van der Waals surface area contributed by atoms with Gasteiger partial charge in [-0.05, 0) is 51.7 Å². The molecule has 5 heteroatoms. The van der Waals surface area contributed by atoms with E-state index < -0.39 is 5.54 Å². The smallest absolute Gasteiger partial charge is 0.164 e. The molecule has 1 N–H and O–H groups in total. The lowest BCUT2D eigenvalue weighted by Gasteiger charge is -2.41. The van der Waals surface area contributed by atoms with Crippen LogP contribution in [0.3, 0.4) is 0 Å². The summed E-state index contributed by atoms with van der Waals surface area (Å²) in [7, 11) is 0. The summed E-state index contributed by atoms with van der Waals surface area (Å²) in [5.74, 6) is 2.73. The van der Waals surface area contributed by atoms with Gasteiger partial charge in [0.25, 0.3) is 0 Å². The van der Waals surface area contributed by atoms with Gasteiger partial charge in [0, 0.05) is 33.4 Å². The molecule has 10 rings (SSSR count).